The Morgan fingerprint density at radius 3 is 2.29 bits per heavy atom. The zero-order valence-electron chi connectivity index (χ0n) is 10.9. The van der Waals surface area contributed by atoms with E-state index in [4.69, 9.17) is 18.0 Å². The Balaban J connectivity index is 1.96. The fourth-order valence-corrected chi connectivity index (χ4v) is 2.52. The molecule has 5 nitrogen and oxygen atoms in total. The number of fused-ring (bicyclic) bond motifs is 1. The second kappa shape index (κ2) is 5.06. The average molecular weight is 297 g/mol. The van der Waals surface area contributed by atoms with E-state index in [1.807, 2.05) is 0 Å². The van der Waals surface area contributed by atoms with Crippen molar-refractivity contribution in [3.05, 3.63) is 65.0 Å². The van der Waals surface area contributed by atoms with Gasteiger partial charge in [0, 0.05) is 11.8 Å². The van der Waals surface area contributed by atoms with Gasteiger partial charge < -0.3 is 5.73 Å². The molecule has 1 aliphatic rings. The maximum atomic E-state index is 12.3. The van der Waals surface area contributed by atoms with Crippen molar-refractivity contribution in [2.24, 2.45) is 5.73 Å². The average Bonchev–Trinajstić information content (AvgIpc) is 2.73. The molecule has 3 rings (SSSR count). The van der Waals surface area contributed by atoms with Gasteiger partial charge in [-0.2, -0.15) is 0 Å². The Kier molecular flexibility index (Phi) is 3.23. The summed E-state index contributed by atoms with van der Waals surface area (Å²) in [5, 5.41) is 0. The van der Waals surface area contributed by atoms with Crippen molar-refractivity contribution in [3.8, 4) is 0 Å². The third-order valence-electron chi connectivity index (χ3n) is 3.33. The number of nitrogens with two attached hydrogens (primary N) is 1. The maximum Gasteiger partial charge on any atom is 0.261 e. The van der Waals surface area contributed by atoms with Crippen LogP contribution in [0.5, 0.6) is 0 Å². The summed E-state index contributed by atoms with van der Waals surface area (Å²) in [5.74, 6) is -0.623. The molecule has 0 spiro atoms. The fraction of sp³-hybridized carbons (Fsp3) is 0.0667. The SMILES string of the molecule is NC(=S)c1ncccc1CN1C(=O)c2ccccc2C1=O. The van der Waals surface area contributed by atoms with E-state index in [0.29, 0.717) is 22.4 Å². The summed E-state index contributed by atoms with van der Waals surface area (Å²) in [7, 11) is 0. The molecule has 1 aliphatic heterocycles. The van der Waals surface area contributed by atoms with Crippen LogP contribution in [0.2, 0.25) is 0 Å². The lowest BCUT2D eigenvalue weighted by Gasteiger charge is -2.15. The third-order valence-corrected chi connectivity index (χ3v) is 3.52. The van der Waals surface area contributed by atoms with E-state index >= 15 is 0 Å². The standard InChI is InChI=1S/C15H11N3O2S/c16-13(21)12-9(4-3-7-17-12)8-18-14(19)10-5-1-2-6-11(10)15(18)20/h1-7H,8H2,(H2,16,21). The van der Waals surface area contributed by atoms with Crippen LogP contribution in [0, 0.1) is 0 Å². The molecule has 0 unspecified atom stereocenters. The molecule has 104 valence electrons. The predicted molar refractivity (Wildman–Crippen MR) is 80.8 cm³/mol. The first-order chi connectivity index (χ1) is 10.1. The van der Waals surface area contributed by atoms with Crippen LogP contribution >= 0.6 is 12.2 Å². The molecule has 6 heteroatoms. The van der Waals surface area contributed by atoms with Gasteiger partial charge in [-0.1, -0.05) is 30.4 Å². The molecule has 2 N–H and O–H groups in total. The molecule has 21 heavy (non-hydrogen) atoms. The molecule has 2 amide bonds. The maximum absolute atomic E-state index is 12.3. The molecular weight excluding hydrogens is 286 g/mol. The molecule has 0 bridgehead atoms. The Morgan fingerprint density at radius 2 is 1.71 bits per heavy atom. The summed E-state index contributed by atoms with van der Waals surface area (Å²) in [5.41, 5.74) is 7.55. The highest BCUT2D eigenvalue weighted by atomic mass is 32.1. The van der Waals surface area contributed by atoms with Crippen molar-refractivity contribution in [1.82, 2.24) is 9.88 Å². The van der Waals surface area contributed by atoms with Gasteiger partial charge in [-0.25, -0.2) is 0 Å². The molecule has 0 aliphatic carbocycles. The molecule has 0 saturated carbocycles. The first-order valence-corrected chi connectivity index (χ1v) is 6.69. The molecular formula is C15H11N3O2S. The van der Waals surface area contributed by atoms with Crippen LogP contribution in [0.3, 0.4) is 0 Å². The topological polar surface area (TPSA) is 76.3 Å². The van der Waals surface area contributed by atoms with Crippen LogP contribution in [0.1, 0.15) is 32.0 Å². The number of pyridine rings is 1. The molecule has 0 fully saturated rings. The normalized spacial score (nSPS) is 13.4. The first-order valence-electron chi connectivity index (χ1n) is 6.28. The number of thiocarbonyl (C=S) groups is 1. The van der Waals surface area contributed by atoms with Crippen LogP contribution in [0.4, 0.5) is 0 Å². The summed E-state index contributed by atoms with van der Waals surface area (Å²) >= 11 is 4.95. The van der Waals surface area contributed by atoms with Crippen LogP contribution in [0.25, 0.3) is 0 Å². The predicted octanol–water partition coefficient (Wildman–Crippen LogP) is 1.51. The van der Waals surface area contributed by atoms with Gasteiger partial charge in [0.15, 0.2) is 0 Å². The van der Waals surface area contributed by atoms with Gasteiger partial charge >= 0.3 is 0 Å². The van der Waals surface area contributed by atoms with Gasteiger partial charge in [0.05, 0.1) is 17.7 Å². The number of hydrogen-bond donors (Lipinski definition) is 1. The lowest BCUT2D eigenvalue weighted by molar-refractivity contribution is 0.0642. The monoisotopic (exact) mass is 297 g/mol. The smallest absolute Gasteiger partial charge is 0.261 e. The minimum atomic E-state index is -0.312. The Hall–Kier alpha value is -2.60. The summed E-state index contributed by atoms with van der Waals surface area (Å²) in [6.07, 6.45) is 1.57. The number of aromatic nitrogens is 1. The van der Waals surface area contributed by atoms with E-state index in [0.717, 1.165) is 0 Å². The largest absolute Gasteiger partial charge is 0.388 e. The van der Waals surface area contributed by atoms with E-state index in [2.05, 4.69) is 4.98 Å². The molecule has 2 aromatic rings. The highest BCUT2D eigenvalue weighted by Gasteiger charge is 2.35. The Morgan fingerprint density at radius 1 is 1.10 bits per heavy atom. The lowest BCUT2D eigenvalue weighted by atomic mass is 10.1. The number of benzene rings is 1. The fourth-order valence-electron chi connectivity index (χ4n) is 2.34. The van der Waals surface area contributed by atoms with E-state index in [1.165, 1.54) is 4.90 Å². The van der Waals surface area contributed by atoms with Gasteiger partial charge in [-0.05, 0) is 18.2 Å². The summed E-state index contributed by atoms with van der Waals surface area (Å²) in [6, 6.07) is 10.2. The van der Waals surface area contributed by atoms with Crippen molar-refractivity contribution in [3.63, 3.8) is 0 Å². The lowest BCUT2D eigenvalue weighted by Crippen LogP contribution is -2.30. The Labute approximate surface area is 126 Å². The minimum absolute atomic E-state index is 0.104. The zero-order chi connectivity index (χ0) is 15.0. The van der Waals surface area contributed by atoms with E-state index in [9.17, 15) is 9.59 Å². The number of rotatable bonds is 3. The molecule has 1 aromatic heterocycles. The van der Waals surface area contributed by atoms with Gasteiger partial charge in [0.25, 0.3) is 11.8 Å². The van der Waals surface area contributed by atoms with Gasteiger partial charge in [0.1, 0.15) is 10.7 Å². The van der Waals surface area contributed by atoms with Crippen molar-refractivity contribution in [2.45, 2.75) is 6.54 Å². The second-order valence-corrected chi connectivity index (χ2v) is 5.06. The highest BCUT2D eigenvalue weighted by molar-refractivity contribution is 7.80. The molecule has 0 radical (unpaired) electrons. The minimum Gasteiger partial charge on any atom is -0.388 e. The molecule has 0 atom stereocenters. The number of imide groups is 1. The van der Waals surface area contributed by atoms with Gasteiger partial charge in [-0.3, -0.25) is 19.5 Å². The van der Waals surface area contributed by atoms with Crippen molar-refractivity contribution in [1.29, 1.82) is 0 Å². The van der Waals surface area contributed by atoms with E-state index < -0.39 is 0 Å². The van der Waals surface area contributed by atoms with Crippen LogP contribution in [0.15, 0.2) is 42.6 Å². The van der Waals surface area contributed by atoms with Gasteiger partial charge in [-0.15, -0.1) is 0 Å². The number of carbonyl (C=O) groups is 2. The zero-order valence-corrected chi connectivity index (χ0v) is 11.8. The van der Waals surface area contributed by atoms with Gasteiger partial charge in [0.2, 0.25) is 0 Å². The van der Waals surface area contributed by atoms with Crippen LogP contribution in [-0.2, 0) is 6.54 Å². The second-order valence-electron chi connectivity index (χ2n) is 4.62. The van der Waals surface area contributed by atoms with Crippen molar-refractivity contribution >= 4 is 29.0 Å². The Bertz CT molecular complexity index is 738. The molecule has 2 heterocycles. The van der Waals surface area contributed by atoms with E-state index in [-0.39, 0.29) is 23.3 Å². The number of nitrogens with zero attached hydrogens (tertiary/aromatic N) is 2. The summed E-state index contributed by atoms with van der Waals surface area (Å²) in [6.45, 7) is 0.104. The van der Waals surface area contributed by atoms with E-state index in [1.54, 1.807) is 42.6 Å². The van der Waals surface area contributed by atoms with Crippen molar-refractivity contribution < 1.29 is 9.59 Å². The highest BCUT2D eigenvalue weighted by Crippen LogP contribution is 2.24. The third kappa shape index (κ3) is 2.19. The molecule has 1 aromatic carbocycles. The van der Waals surface area contributed by atoms with Crippen molar-refractivity contribution in [2.75, 3.05) is 0 Å². The number of carbonyl (C=O) groups excluding carboxylic acids is 2. The summed E-state index contributed by atoms with van der Waals surface area (Å²) in [4.78, 5) is 30.1. The van der Waals surface area contributed by atoms with Crippen LogP contribution < -0.4 is 5.73 Å². The first kappa shape index (κ1) is 13.4. The number of amides is 2. The number of hydrogen-bond acceptors (Lipinski definition) is 4. The quantitative estimate of drug-likeness (QED) is 0.686. The molecule has 0 saturated heterocycles. The van der Waals surface area contributed by atoms with Crippen LogP contribution in [-0.4, -0.2) is 26.7 Å². The summed E-state index contributed by atoms with van der Waals surface area (Å²) < 4.78 is 0.